The summed E-state index contributed by atoms with van der Waals surface area (Å²) in [6.45, 7) is 1.90. The standard InChI is InChI=1S/C19H15F3N2O3/c1-2-15-13(12-5-3-4-6-16(12)27-15)7-8-17(25)24-14-9-11(19(20,21)22)10-23-18(14)26/h3-10H,2H2,1H3,(H,23,26)(H,24,25)/b8-7+. The molecule has 0 aliphatic heterocycles. The van der Waals surface area contributed by atoms with Gasteiger partial charge in [0.15, 0.2) is 0 Å². The Morgan fingerprint density at radius 1 is 1.30 bits per heavy atom. The van der Waals surface area contributed by atoms with Gasteiger partial charge in [-0.25, -0.2) is 0 Å². The molecule has 1 amide bonds. The molecule has 3 aromatic rings. The van der Waals surface area contributed by atoms with Gasteiger partial charge in [-0.15, -0.1) is 0 Å². The molecule has 3 rings (SSSR count). The summed E-state index contributed by atoms with van der Waals surface area (Å²) in [4.78, 5) is 25.7. The third-order valence-corrected chi connectivity index (χ3v) is 3.92. The van der Waals surface area contributed by atoms with Crippen LogP contribution >= 0.6 is 0 Å². The number of hydrogen-bond donors (Lipinski definition) is 2. The Hall–Kier alpha value is -3.29. The van der Waals surface area contributed by atoms with Crippen molar-refractivity contribution in [1.29, 1.82) is 0 Å². The first kappa shape index (κ1) is 18.5. The summed E-state index contributed by atoms with van der Waals surface area (Å²) in [5.41, 5.74) is -0.986. The van der Waals surface area contributed by atoms with Crippen LogP contribution in [0, 0.1) is 0 Å². The third-order valence-electron chi connectivity index (χ3n) is 3.92. The van der Waals surface area contributed by atoms with Gasteiger partial charge in [-0.05, 0) is 18.2 Å². The van der Waals surface area contributed by atoms with E-state index in [4.69, 9.17) is 4.42 Å². The number of fused-ring (bicyclic) bond motifs is 1. The SMILES string of the molecule is CCc1oc2ccccc2c1/C=C/C(=O)Nc1cc(C(F)(F)F)c[nH]c1=O. The highest BCUT2D eigenvalue weighted by molar-refractivity contribution is 6.03. The van der Waals surface area contributed by atoms with Crippen LogP contribution in [0.5, 0.6) is 0 Å². The molecule has 2 N–H and O–H groups in total. The van der Waals surface area contributed by atoms with Gasteiger partial charge in [-0.1, -0.05) is 25.1 Å². The molecule has 8 heteroatoms. The number of benzene rings is 1. The van der Waals surface area contributed by atoms with Gasteiger partial charge in [-0.3, -0.25) is 9.59 Å². The fourth-order valence-electron chi connectivity index (χ4n) is 2.64. The van der Waals surface area contributed by atoms with E-state index < -0.39 is 28.9 Å². The van der Waals surface area contributed by atoms with Gasteiger partial charge in [0.1, 0.15) is 17.0 Å². The Labute approximate surface area is 151 Å². The third kappa shape index (κ3) is 3.94. The maximum Gasteiger partial charge on any atom is 0.417 e. The summed E-state index contributed by atoms with van der Waals surface area (Å²) >= 11 is 0. The topological polar surface area (TPSA) is 75.1 Å². The molecular formula is C19H15F3N2O3. The quantitative estimate of drug-likeness (QED) is 0.665. The van der Waals surface area contributed by atoms with E-state index in [1.807, 2.05) is 30.1 Å². The predicted octanol–water partition coefficient (Wildman–Crippen LogP) is 4.35. The lowest BCUT2D eigenvalue weighted by atomic mass is 10.1. The number of amides is 1. The van der Waals surface area contributed by atoms with Crippen molar-refractivity contribution in [1.82, 2.24) is 4.98 Å². The fourth-order valence-corrected chi connectivity index (χ4v) is 2.64. The molecule has 27 heavy (non-hydrogen) atoms. The minimum atomic E-state index is -4.63. The lowest BCUT2D eigenvalue weighted by Gasteiger charge is -2.08. The monoisotopic (exact) mass is 376 g/mol. The van der Waals surface area contributed by atoms with Crippen molar-refractivity contribution in [2.45, 2.75) is 19.5 Å². The summed E-state index contributed by atoms with van der Waals surface area (Å²) in [5, 5.41) is 2.99. The summed E-state index contributed by atoms with van der Waals surface area (Å²) in [7, 11) is 0. The lowest BCUT2D eigenvalue weighted by Crippen LogP contribution is -2.20. The van der Waals surface area contributed by atoms with E-state index in [1.165, 1.54) is 6.08 Å². The Kier molecular flexibility index (Phi) is 4.89. The van der Waals surface area contributed by atoms with E-state index >= 15 is 0 Å². The largest absolute Gasteiger partial charge is 0.460 e. The molecule has 1 aromatic carbocycles. The van der Waals surface area contributed by atoms with Crippen LogP contribution in [-0.2, 0) is 17.4 Å². The number of hydrogen-bond acceptors (Lipinski definition) is 3. The molecule has 0 bridgehead atoms. The van der Waals surface area contributed by atoms with Gasteiger partial charge in [-0.2, -0.15) is 13.2 Å². The van der Waals surface area contributed by atoms with Gasteiger partial charge < -0.3 is 14.7 Å². The zero-order valence-electron chi connectivity index (χ0n) is 14.2. The molecule has 0 saturated carbocycles. The first-order valence-electron chi connectivity index (χ1n) is 8.09. The van der Waals surface area contributed by atoms with Crippen molar-refractivity contribution in [3.05, 3.63) is 69.8 Å². The Balaban J connectivity index is 1.86. The number of anilines is 1. The minimum absolute atomic E-state index is 0.479. The molecule has 0 unspecified atom stereocenters. The molecule has 0 fully saturated rings. The molecule has 0 aliphatic carbocycles. The van der Waals surface area contributed by atoms with Crippen molar-refractivity contribution in [3.8, 4) is 0 Å². The van der Waals surface area contributed by atoms with Crippen molar-refractivity contribution < 1.29 is 22.4 Å². The second-order valence-corrected chi connectivity index (χ2v) is 5.74. The van der Waals surface area contributed by atoms with E-state index in [-0.39, 0.29) is 0 Å². The number of aromatic amines is 1. The van der Waals surface area contributed by atoms with E-state index in [0.29, 0.717) is 35.6 Å². The number of aromatic nitrogens is 1. The molecule has 2 aromatic heterocycles. The molecular weight excluding hydrogens is 361 g/mol. The average molecular weight is 376 g/mol. The van der Waals surface area contributed by atoms with Crippen LogP contribution in [-0.4, -0.2) is 10.9 Å². The van der Waals surface area contributed by atoms with Crippen molar-refractivity contribution in [3.63, 3.8) is 0 Å². The second kappa shape index (κ2) is 7.14. The smallest absolute Gasteiger partial charge is 0.417 e. The van der Waals surface area contributed by atoms with Gasteiger partial charge in [0, 0.05) is 29.6 Å². The highest BCUT2D eigenvalue weighted by Gasteiger charge is 2.31. The second-order valence-electron chi connectivity index (χ2n) is 5.74. The summed E-state index contributed by atoms with van der Waals surface area (Å²) < 4.78 is 43.9. The summed E-state index contributed by atoms with van der Waals surface area (Å²) in [5.74, 6) is -0.0516. The number of aryl methyl sites for hydroxylation is 1. The van der Waals surface area contributed by atoms with Crippen LogP contribution in [0.15, 0.2) is 51.8 Å². The number of para-hydroxylation sites is 1. The number of nitrogens with one attached hydrogen (secondary N) is 2. The van der Waals surface area contributed by atoms with Crippen molar-refractivity contribution >= 4 is 28.6 Å². The molecule has 2 heterocycles. The van der Waals surface area contributed by atoms with Crippen LogP contribution in [0.25, 0.3) is 17.0 Å². The maximum absolute atomic E-state index is 12.7. The number of rotatable bonds is 4. The highest BCUT2D eigenvalue weighted by Crippen LogP contribution is 2.29. The first-order chi connectivity index (χ1) is 12.8. The van der Waals surface area contributed by atoms with Gasteiger partial charge in [0.05, 0.1) is 5.56 Å². The number of H-pyrrole nitrogens is 1. The van der Waals surface area contributed by atoms with Gasteiger partial charge in [0.2, 0.25) is 5.91 Å². The summed E-state index contributed by atoms with van der Waals surface area (Å²) in [6.07, 6.45) is -0.814. The average Bonchev–Trinajstić information content (AvgIpc) is 2.98. The van der Waals surface area contributed by atoms with Crippen LogP contribution in [0.3, 0.4) is 0 Å². The number of carbonyl (C=O) groups excluding carboxylic acids is 1. The van der Waals surface area contributed by atoms with Crippen LogP contribution in [0.4, 0.5) is 18.9 Å². The Morgan fingerprint density at radius 3 is 2.74 bits per heavy atom. The molecule has 0 spiro atoms. The van der Waals surface area contributed by atoms with Gasteiger partial charge >= 0.3 is 6.18 Å². The van der Waals surface area contributed by atoms with E-state index in [9.17, 15) is 22.8 Å². The molecule has 5 nitrogen and oxygen atoms in total. The van der Waals surface area contributed by atoms with Crippen LogP contribution in [0.2, 0.25) is 0 Å². The van der Waals surface area contributed by atoms with E-state index in [1.54, 1.807) is 6.07 Å². The maximum atomic E-state index is 12.7. The molecule has 140 valence electrons. The number of carbonyl (C=O) groups is 1. The first-order valence-corrected chi connectivity index (χ1v) is 8.09. The van der Waals surface area contributed by atoms with Crippen LogP contribution < -0.4 is 10.9 Å². The van der Waals surface area contributed by atoms with E-state index in [0.717, 1.165) is 11.5 Å². The van der Waals surface area contributed by atoms with Crippen molar-refractivity contribution in [2.24, 2.45) is 0 Å². The number of halogens is 3. The van der Waals surface area contributed by atoms with Crippen molar-refractivity contribution in [2.75, 3.05) is 5.32 Å². The minimum Gasteiger partial charge on any atom is -0.460 e. The number of pyridine rings is 1. The number of furan rings is 1. The Bertz CT molecular complexity index is 1080. The predicted molar refractivity (Wildman–Crippen MR) is 95.3 cm³/mol. The van der Waals surface area contributed by atoms with Gasteiger partial charge in [0.25, 0.3) is 5.56 Å². The fraction of sp³-hybridized carbons (Fsp3) is 0.158. The lowest BCUT2D eigenvalue weighted by molar-refractivity contribution is -0.137. The molecule has 0 radical (unpaired) electrons. The van der Waals surface area contributed by atoms with E-state index in [2.05, 4.69) is 5.32 Å². The normalized spacial score (nSPS) is 12.0. The molecule has 0 atom stereocenters. The zero-order chi connectivity index (χ0) is 19.6. The molecule has 0 aliphatic rings. The Morgan fingerprint density at radius 2 is 2.04 bits per heavy atom. The number of alkyl halides is 3. The van der Waals surface area contributed by atoms with Crippen LogP contribution in [0.1, 0.15) is 23.8 Å². The highest BCUT2D eigenvalue weighted by atomic mass is 19.4. The zero-order valence-corrected chi connectivity index (χ0v) is 14.2. The molecule has 0 saturated heterocycles. The summed E-state index contributed by atoms with van der Waals surface area (Å²) in [6, 6.07) is 7.89.